The lowest BCUT2D eigenvalue weighted by Gasteiger charge is -2.05. The van der Waals surface area contributed by atoms with Gasteiger partial charge in [0.2, 0.25) is 0 Å². The van der Waals surface area contributed by atoms with Gasteiger partial charge in [0.05, 0.1) is 26.0 Å². The van der Waals surface area contributed by atoms with Crippen LogP contribution in [0.3, 0.4) is 0 Å². The predicted octanol–water partition coefficient (Wildman–Crippen LogP) is 1.23. The summed E-state index contributed by atoms with van der Waals surface area (Å²) in [6.45, 7) is 1.32. The van der Waals surface area contributed by atoms with Gasteiger partial charge in [-0.25, -0.2) is 4.98 Å². The van der Waals surface area contributed by atoms with E-state index in [1.165, 1.54) is 0 Å². The van der Waals surface area contributed by atoms with Crippen molar-refractivity contribution >= 4 is 15.9 Å². The summed E-state index contributed by atoms with van der Waals surface area (Å²) in [6, 6.07) is 3.63. The number of nitrogens with zero attached hydrogens (tertiary/aromatic N) is 1. The van der Waals surface area contributed by atoms with Crippen molar-refractivity contribution in [1.82, 2.24) is 4.98 Å². The average molecular weight is 262 g/mol. The first-order valence-corrected chi connectivity index (χ1v) is 5.05. The highest BCUT2D eigenvalue weighted by atomic mass is 79.9. The first-order chi connectivity index (χ1) is 6.83. The molecule has 0 fully saturated rings. The van der Waals surface area contributed by atoms with E-state index in [9.17, 15) is 0 Å². The van der Waals surface area contributed by atoms with E-state index in [-0.39, 0.29) is 6.61 Å². The summed E-state index contributed by atoms with van der Waals surface area (Å²) in [7, 11) is 0. The van der Waals surface area contributed by atoms with Crippen LogP contribution in [0.4, 0.5) is 0 Å². The zero-order valence-electron chi connectivity index (χ0n) is 7.65. The number of aliphatic hydroxyl groups excluding tert-OH is 1. The molecule has 4 nitrogen and oxygen atoms in total. The Morgan fingerprint density at radius 2 is 2.14 bits per heavy atom. The smallest absolute Gasteiger partial charge is 0.137 e. The number of aliphatic hydroxyl groups is 1. The summed E-state index contributed by atoms with van der Waals surface area (Å²) in [5, 5.41) is 8.43. The summed E-state index contributed by atoms with van der Waals surface area (Å²) in [5.41, 5.74) is 0. The number of ether oxygens (including phenoxy) is 2. The minimum Gasteiger partial charge on any atom is -0.490 e. The van der Waals surface area contributed by atoms with Gasteiger partial charge in [-0.3, -0.25) is 0 Å². The predicted molar refractivity (Wildman–Crippen MR) is 55.3 cm³/mol. The van der Waals surface area contributed by atoms with Gasteiger partial charge in [0.25, 0.3) is 0 Å². The highest BCUT2D eigenvalue weighted by molar-refractivity contribution is 9.10. The Kier molecular flexibility index (Phi) is 5.51. The van der Waals surface area contributed by atoms with Crippen molar-refractivity contribution in [2.24, 2.45) is 0 Å². The molecule has 0 aliphatic rings. The normalized spacial score (nSPS) is 10.1. The van der Waals surface area contributed by atoms with Gasteiger partial charge in [-0.05, 0) is 28.1 Å². The Hall–Kier alpha value is -0.650. The van der Waals surface area contributed by atoms with Crippen LogP contribution in [0.5, 0.6) is 5.75 Å². The van der Waals surface area contributed by atoms with Gasteiger partial charge >= 0.3 is 0 Å². The van der Waals surface area contributed by atoms with E-state index < -0.39 is 0 Å². The molecule has 14 heavy (non-hydrogen) atoms. The van der Waals surface area contributed by atoms with Gasteiger partial charge in [0.1, 0.15) is 17.0 Å². The van der Waals surface area contributed by atoms with Gasteiger partial charge in [-0.1, -0.05) is 0 Å². The number of rotatable bonds is 6. The third kappa shape index (κ3) is 4.55. The van der Waals surface area contributed by atoms with Crippen LogP contribution >= 0.6 is 15.9 Å². The van der Waals surface area contributed by atoms with Gasteiger partial charge < -0.3 is 14.6 Å². The molecule has 0 unspecified atom stereocenters. The minimum absolute atomic E-state index is 0.0415. The summed E-state index contributed by atoms with van der Waals surface area (Å²) in [6.07, 6.45) is 1.64. The van der Waals surface area contributed by atoms with Gasteiger partial charge in [0.15, 0.2) is 0 Å². The Balaban J connectivity index is 2.15. The summed E-state index contributed by atoms with van der Waals surface area (Å²) < 4.78 is 11.1. The molecule has 0 saturated heterocycles. The van der Waals surface area contributed by atoms with Crippen LogP contribution in [0.1, 0.15) is 0 Å². The Morgan fingerprint density at radius 1 is 1.29 bits per heavy atom. The lowest BCUT2D eigenvalue weighted by Crippen LogP contribution is -2.09. The number of hydrogen-bond donors (Lipinski definition) is 1. The van der Waals surface area contributed by atoms with Crippen molar-refractivity contribution in [2.45, 2.75) is 0 Å². The summed E-state index contributed by atoms with van der Waals surface area (Å²) in [4.78, 5) is 4.01. The van der Waals surface area contributed by atoms with Gasteiger partial charge in [-0.15, -0.1) is 0 Å². The van der Waals surface area contributed by atoms with E-state index in [1.54, 1.807) is 6.20 Å². The first-order valence-electron chi connectivity index (χ1n) is 4.26. The number of halogens is 1. The molecule has 0 amide bonds. The Labute approximate surface area is 91.0 Å². The number of hydrogen-bond acceptors (Lipinski definition) is 4. The molecule has 1 aromatic rings. The molecule has 0 spiro atoms. The zero-order valence-corrected chi connectivity index (χ0v) is 9.24. The van der Waals surface area contributed by atoms with Crippen LogP contribution in [0.15, 0.2) is 22.9 Å². The molecule has 1 heterocycles. The molecule has 1 rings (SSSR count). The molecule has 0 radical (unpaired) electrons. The summed E-state index contributed by atoms with van der Waals surface area (Å²) in [5.74, 6) is 0.709. The van der Waals surface area contributed by atoms with Crippen LogP contribution in [-0.4, -0.2) is 36.5 Å². The molecule has 0 saturated carbocycles. The molecule has 1 N–H and O–H groups in total. The van der Waals surface area contributed by atoms with Crippen LogP contribution < -0.4 is 4.74 Å². The quantitative estimate of drug-likeness (QED) is 0.619. The van der Waals surface area contributed by atoms with Crippen molar-refractivity contribution in [3.05, 3.63) is 22.9 Å². The lowest BCUT2D eigenvalue weighted by molar-refractivity contribution is 0.0704. The maximum absolute atomic E-state index is 8.43. The monoisotopic (exact) mass is 261 g/mol. The summed E-state index contributed by atoms with van der Waals surface area (Å²) >= 11 is 3.23. The van der Waals surface area contributed by atoms with Crippen LogP contribution in [-0.2, 0) is 4.74 Å². The minimum atomic E-state index is 0.0415. The number of aromatic nitrogens is 1. The molecule has 78 valence electrons. The van der Waals surface area contributed by atoms with Crippen molar-refractivity contribution in [3.63, 3.8) is 0 Å². The maximum atomic E-state index is 8.43. The molecule has 1 aromatic heterocycles. The molecular formula is C9H12BrNO3. The fourth-order valence-electron chi connectivity index (χ4n) is 0.833. The SMILES string of the molecule is OCCOCCOc1ccc(Br)nc1. The second kappa shape index (κ2) is 6.75. The molecule has 5 heteroatoms. The average Bonchev–Trinajstić information content (AvgIpc) is 2.21. The first kappa shape index (κ1) is 11.4. The largest absolute Gasteiger partial charge is 0.490 e. The second-order valence-corrected chi connectivity index (χ2v) is 3.31. The molecular weight excluding hydrogens is 250 g/mol. The van der Waals surface area contributed by atoms with E-state index in [4.69, 9.17) is 14.6 Å². The molecule has 0 bridgehead atoms. The fraction of sp³-hybridized carbons (Fsp3) is 0.444. The second-order valence-electron chi connectivity index (χ2n) is 2.50. The van der Waals surface area contributed by atoms with E-state index in [0.29, 0.717) is 25.6 Å². The molecule has 0 aliphatic carbocycles. The van der Waals surface area contributed by atoms with Crippen LogP contribution in [0.2, 0.25) is 0 Å². The van der Waals surface area contributed by atoms with E-state index >= 15 is 0 Å². The van der Waals surface area contributed by atoms with E-state index in [1.807, 2.05) is 12.1 Å². The Morgan fingerprint density at radius 3 is 2.79 bits per heavy atom. The van der Waals surface area contributed by atoms with Crippen molar-refractivity contribution < 1.29 is 14.6 Å². The third-order valence-corrected chi connectivity index (χ3v) is 1.90. The topological polar surface area (TPSA) is 51.6 Å². The van der Waals surface area contributed by atoms with Crippen LogP contribution in [0.25, 0.3) is 0 Å². The van der Waals surface area contributed by atoms with Crippen LogP contribution in [0, 0.1) is 0 Å². The van der Waals surface area contributed by atoms with E-state index in [2.05, 4.69) is 20.9 Å². The van der Waals surface area contributed by atoms with Crippen molar-refractivity contribution in [3.8, 4) is 5.75 Å². The molecule has 0 aromatic carbocycles. The van der Waals surface area contributed by atoms with E-state index in [0.717, 1.165) is 4.60 Å². The highest BCUT2D eigenvalue weighted by Gasteiger charge is 1.94. The fourth-order valence-corrected chi connectivity index (χ4v) is 1.07. The number of pyridine rings is 1. The third-order valence-electron chi connectivity index (χ3n) is 1.43. The zero-order chi connectivity index (χ0) is 10.2. The van der Waals surface area contributed by atoms with Crippen molar-refractivity contribution in [1.29, 1.82) is 0 Å². The lowest BCUT2D eigenvalue weighted by atomic mass is 10.5. The molecule has 0 atom stereocenters. The van der Waals surface area contributed by atoms with Gasteiger partial charge in [0, 0.05) is 0 Å². The Bertz CT molecular complexity index is 253. The maximum Gasteiger partial charge on any atom is 0.137 e. The highest BCUT2D eigenvalue weighted by Crippen LogP contribution is 2.12. The molecule has 0 aliphatic heterocycles. The van der Waals surface area contributed by atoms with Gasteiger partial charge in [-0.2, -0.15) is 0 Å². The van der Waals surface area contributed by atoms with Crippen molar-refractivity contribution in [2.75, 3.05) is 26.4 Å². The standard InChI is InChI=1S/C9H12BrNO3/c10-9-2-1-8(7-11-9)14-6-5-13-4-3-12/h1-2,7,12H,3-6H2.